The molecule has 3 rings (SSSR count). The van der Waals surface area contributed by atoms with Crippen LogP contribution in [0.1, 0.15) is 18.0 Å². The van der Waals surface area contributed by atoms with Crippen molar-refractivity contribution < 1.29 is 18.0 Å². The molecule has 1 aromatic heterocycles. The summed E-state index contributed by atoms with van der Waals surface area (Å²) >= 11 is 0. The zero-order valence-corrected chi connectivity index (χ0v) is 10.6. The SMILES string of the molecule is O=C(N1C[C@@H]2C[C@H](C1)c1cccc(=O)n1C2)C(F)(F)F. The minimum atomic E-state index is -4.83. The minimum absolute atomic E-state index is 0.0261. The number of likely N-dealkylation sites (tertiary alicyclic amines) is 1. The Labute approximate surface area is 112 Å². The smallest absolute Gasteiger partial charge is 0.334 e. The summed E-state index contributed by atoms with van der Waals surface area (Å²) < 4.78 is 39.2. The fourth-order valence-electron chi connectivity index (χ4n) is 3.24. The first-order valence-corrected chi connectivity index (χ1v) is 6.42. The highest BCUT2D eigenvalue weighted by Crippen LogP contribution is 2.36. The van der Waals surface area contributed by atoms with E-state index in [1.54, 1.807) is 16.7 Å². The Bertz CT molecular complexity index is 608. The van der Waals surface area contributed by atoms with Crippen molar-refractivity contribution in [1.82, 2.24) is 9.47 Å². The van der Waals surface area contributed by atoms with Crippen LogP contribution in [0.5, 0.6) is 0 Å². The number of alkyl halides is 3. The average Bonchev–Trinajstić information content (AvgIpc) is 2.38. The Hall–Kier alpha value is -1.79. The molecule has 0 saturated carbocycles. The molecule has 2 aliphatic rings. The lowest BCUT2D eigenvalue weighted by Gasteiger charge is -2.42. The standard InChI is InChI=1S/C13H13F3N2O2/c14-13(15,16)12(20)17-5-8-4-9(7-17)10-2-1-3-11(19)18(10)6-8/h1-3,8-9H,4-7H2/t8-,9+/m0/s1. The molecule has 0 aromatic carbocycles. The Morgan fingerprint density at radius 3 is 2.65 bits per heavy atom. The van der Waals surface area contributed by atoms with Crippen LogP contribution >= 0.6 is 0 Å². The Morgan fingerprint density at radius 2 is 1.95 bits per heavy atom. The topological polar surface area (TPSA) is 42.3 Å². The normalized spacial score (nSPS) is 25.2. The maximum atomic E-state index is 12.5. The summed E-state index contributed by atoms with van der Waals surface area (Å²) in [5.41, 5.74) is 0.598. The van der Waals surface area contributed by atoms with Gasteiger partial charge in [0.15, 0.2) is 0 Å². The van der Waals surface area contributed by atoms with Crippen molar-refractivity contribution in [1.29, 1.82) is 0 Å². The van der Waals surface area contributed by atoms with Crippen molar-refractivity contribution in [3.8, 4) is 0 Å². The number of halogens is 3. The van der Waals surface area contributed by atoms with Gasteiger partial charge in [-0.2, -0.15) is 13.2 Å². The average molecular weight is 286 g/mol. The number of fused-ring (bicyclic) bond motifs is 4. The molecule has 20 heavy (non-hydrogen) atoms. The highest BCUT2D eigenvalue weighted by molar-refractivity contribution is 5.82. The third-order valence-corrected chi connectivity index (χ3v) is 4.01. The maximum absolute atomic E-state index is 12.5. The van der Waals surface area contributed by atoms with E-state index in [2.05, 4.69) is 0 Å². The lowest BCUT2D eigenvalue weighted by molar-refractivity contribution is -0.187. The van der Waals surface area contributed by atoms with Gasteiger partial charge in [0, 0.05) is 37.3 Å². The van der Waals surface area contributed by atoms with Crippen LogP contribution in [0.4, 0.5) is 13.2 Å². The monoisotopic (exact) mass is 286 g/mol. The van der Waals surface area contributed by atoms with Crippen molar-refractivity contribution in [2.24, 2.45) is 5.92 Å². The van der Waals surface area contributed by atoms with Gasteiger partial charge in [0.25, 0.3) is 5.56 Å². The molecule has 7 heteroatoms. The molecule has 0 aliphatic carbocycles. The summed E-state index contributed by atoms with van der Waals surface area (Å²) in [6.45, 7) is 0.473. The highest BCUT2D eigenvalue weighted by Gasteiger charge is 2.46. The lowest BCUT2D eigenvalue weighted by Crippen LogP contribution is -2.52. The number of nitrogens with zero attached hydrogens (tertiary/aromatic N) is 2. The molecule has 1 saturated heterocycles. The first-order chi connectivity index (χ1) is 9.36. The second-order valence-corrected chi connectivity index (χ2v) is 5.41. The van der Waals surface area contributed by atoms with E-state index in [0.29, 0.717) is 6.54 Å². The Balaban J connectivity index is 1.91. The van der Waals surface area contributed by atoms with Gasteiger partial charge in [-0.05, 0) is 18.4 Å². The third kappa shape index (κ3) is 2.10. The number of hydrogen-bond acceptors (Lipinski definition) is 2. The van der Waals surface area contributed by atoms with E-state index in [-0.39, 0.29) is 30.5 Å². The number of piperidine rings is 1. The first-order valence-electron chi connectivity index (χ1n) is 6.42. The van der Waals surface area contributed by atoms with E-state index in [9.17, 15) is 22.8 Å². The van der Waals surface area contributed by atoms with Crippen LogP contribution in [0, 0.1) is 5.92 Å². The molecule has 0 N–H and O–H groups in total. The van der Waals surface area contributed by atoms with Crippen LogP contribution in [-0.2, 0) is 11.3 Å². The van der Waals surface area contributed by atoms with Crippen LogP contribution in [0.3, 0.4) is 0 Å². The molecule has 1 amide bonds. The third-order valence-electron chi connectivity index (χ3n) is 4.01. The largest absolute Gasteiger partial charge is 0.471 e. The van der Waals surface area contributed by atoms with Gasteiger partial charge in [0.1, 0.15) is 0 Å². The van der Waals surface area contributed by atoms with Crippen molar-refractivity contribution in [3.63, 3.8) is 0 Å². The molecule has 3 heterocycles. The van der Waals surface area contributed by atoms with Gasteiger partial charge in [-0.25, -0.2) is 0 Å². The summed E-state index contributed by atoms with van der Waals surface area (Å²) in [6.07, 6.45) is -4.10. The van der Waals surface area contributed by atoms with Crippen LogP contribution in [-0.4, -0.2) is 34.6 Å². The van der Waals surface area contributed by atoms with Crippen LogP contribution in [0.25, 0.3) is 0 Å². The summed E-state index contributed by atoms with van der Waals surface area (Å²) in [7, 11) is 0. The fraction of sp³-hybridized carbons (Fsp3) is 0.538. The van der Waals surface area contributed by atoms with Gasteiger partial charge in [-0.3, -0.25) is 9.59 Å². The fourth-order valence-corrected chi connectivity index (χ4v) is 3.24. The number of pyridine rings is 1. The predicted octanol–water partition coefficient (Wildman–Crippen LogP) is 1.36. The van der Waals surface area contributed by atoms with Gasteiger partial charge in [0.05, 0.1) is 0 Å². The van der Waals surface area contributed by atoms with E-state index in [4.69, 9.17) is 0 Å². The number of rotatable bonds is 0. The van der Waals surface area contributed by atoms with Gasteiger partial charge in [0.2, 0.25) is 0 Å². The molecule has 0 unspecified atom stereocenters. The number of hydrogen-bond donors (Lipinski definition) is 0. The molecular formula is C13H13F3N2O2. The van der Waals surface area contributed by atoms with Gasteiger partial charge in [-0.15, -0.1) is 0 Å². The Kier molecular flexibility index (Phi) is 2.88. The number of aromatic nitrogens is 1. The molecule has 2 atom stereocenters. The van der Waals surface area contributed by atoms with E-state index in [1.165, 1.54) is 6.07 Å². The zero-order chi connectivity index (χ0) is 14.5. The maximum Gasteiger partial charge on any atom is 0.471 e. The van der Waals surface area contributed by atoms with Crippen molar-refractivity contribution >= 4 is 5.91 Å². The van der Waals surface area contributed by atoms with E-state index in [1.807, 2.05) is 0 Å². The van der Waals surface area contributed by atoms with Crippen LogP contribution < -0.4 is 5.56 Å². The van der Waals surface area contributed by atoms with Crippen molar-refractivity contribution in [3.05, 3.63) is 34.2 Å². The van der Waals surface area contributed by atoms with Crippen LogP contribution in [0.15, 0.2) is 23.0 Å². The number of amides is 1. The quantitative estimate of drug-likeness (QED) is 0.722. The van der Waals surface area contributed by atoms with Gasteiger partial charge in [-0.1, -0.05) is 6.07 Å². The minimum Gasteiger partial charge on any atom is -0.334 e. The number of carbonyl (C=O) groups excluding carboxylic acids is 1. The van der Waals surface area contributed by atoms with Gasteiger partial charge >= 0.3 is 12.1 Å². The second kappa shape index (κ2) is 4.36. The molecular weight excluding hydrogens is 273 g/mol. The molecule has 108 valence electrons. The molecule has 2 bridgehead atoms. The Morgan fingerprint density at radius 1 is 1.20 bits per heavy atom. The summed E-state index contributed by atoms with van der Waals surface area (Å²) in [6, 6.07) is 4.81. The first kappa shape index (κ1) is 13.2. The van der Waals surface area contributed by atoms with Crippen molar-refractivity contribution in [2.45, 2.75) is 25.1 Å². The summed E-state index contributed by atoms with van der Waals surface area (Å²) in [5.74, 6) is -2.06. The summed E-state index contributed by atoms with van der Waals surface area (Å²) in [4.78, 5) is 24.0. The summed E-state index contributed by atoms with van der Waals surface area (Å²) in [5, 5.41) is 0. The molecule has 1 fully saturated rings. The van der Waals surface area contributed by atoms with E-state index >= 15 is 0 Å². The van der Waals surface area contributed by atoms with E-state index in [0.717, 1.165) is 17.0 Å². The zero-order valence-electron chi connectivity index (χ0n) is 10.6. The predicted molar refractivity (Wildman–Crippen MR) is 64.2 cm³/mol. The number of carbonyl (C=O) groups is 1. The molecule has 4 nitrogen and oxygen atoms in total. The van der Waals surface area contributed by atoms with E-state index < -0.39 is 12.1 Å². The van der Waals surface area contributed by atoms with Gasteiger partial charge < -0.3 is 9.47 Å². The molecule has 0 radical (unpaired) electrons. The highest BCUT2D eigenvalue weighted by atomic mass is 19.4. The molecule has 1 aromatic rings. The molecule has 0 spiro atoms. The second-order valence-electron chi connectivity index (χ2n) is 5.41. The lowest BCUT2D eigenvalue weighted by atomic mass is 9.83. The van der Waals surface area contributed by atoms with Crippen LogP contribution in [0.2, 0.25) is 0 Å². The molecule has 2 aliphatic heterocycles. The van der Waals surface area contributed by atoms with Crippen molar-refractivity contribution in [2.75, 3.05) is 13.1 Å².